The standard InChI is InChI=1S/C24H29N3O2S/c1-2-19-8-10-21-22(18-19)30-24(25-21)27(13-12-26-14-16-29-17-15-26)23(28)11-9-20-6-4-3-5-7-20/h3-8,10,18H,2,9,11-17H2,1H3. The maximum atomic E-state index is 13.2. The molecule has 1 aliphatic heterocycles. The highest BCUT2D eigenvalue weighted by Crippen LogP contribution is 2.30. The Morgan fingerprint density at radius 2 is 1.93 bits per heavy atom. The van der Waals surface area contributed by atoms with Crippen LogP contribution in [0.3, 0.4) is 0 Å². The summed E-state index contributed by atoms with van der Waals surface area (Å²) >= 11 is 1.62. The molecule has 1 aromatic heterocycles. The minimum Gasteiger partial charge on any atom is -0.379 e. The molecule has 1 aliphatic rings. The first-order valence-corrected chi connectivity index (χ1v) is 11.6. The summed E-state index contributed by atoms with van der Waals surface area (Å²) in [6.45, 7) is 7.04. The fourth-order valence-electron chi connectivity index (χ4n) is 3.72. The topological polar surface area (TPSA) is 45.7 Å². The predicted molar refractivity (Wildman–Crippen MR) is 123 cm³/mol. The number of hydrogen-bond donors (Lipinski definition) is 0. The Morgan fingerprint density at radius 1 is 1.13 bits per heavy atom. The summed E-state index contributed by atoms with van der Waals surface area (Å²) in [6.07, 6.45) is 2.24. The van der Waals surface area contributed by atoms with Crippen LogP contribution in [0, 0.1) is 0 Å². The third kappa shape index (κ3) is 5.25. The van der Waals surface area contributed by atoms with Crippen molar-refractivity contribution in [3.05, 3.63) is 59.7 Å². The highest BCUT2D eigenvalue weighted by Gasteiger charge is 2.21. The molecule has 0 unspecified atom stereocenters. The van der Waals surface area contributed by atoms with E-state index >= 15 is 0 Å². The van der Waals surface area contributed by atoms with E-state index in [-0.39, 0.29) is 5.91 Å². The molecule has 4 rings (SSSR count). The first-order chi connectivity index (χ1) is 14.7. The lowest BCUT2D eigenvalue weighted by Gasteiger charge is -2.29. The van der Waals surface area contributed by atoms with Crippen LogP contribution in [0.1, 0.15) is 24.5 Å². The number of rotatable bonds is 8. The molecule has 0 atom stereocenters. The third-order valence-corrected chi connectivity index (χ3v) is 6.64. The number of anilines is 1. The van der Waals surface area contributed by atoms with Crippen LogP contribution in [0.15, 0.2) is 48.5 Å². The van der Waals surface area contributed by atoms with E-state index in [1.54, 1.807) is 11.3 Å². The number of ether oxygens (including phenoxy) is 1. The summed E-state index contributed by atoms with van der Waals surface area (Å²) in [5.41, 5.74) is 3.46. The van der Waals surface area contributed by atoms with Crippen molar-refractivity contribution in [2.75, 3.05) is 44.3 Å². The number of aryl methyl sites for hydroxylation is 2. The van der Waals surface area contributed by atoms with Gasteiger partial charge < -0.3 is 4.74 Å². The SMILES string of the molecule is CCc1ccc2nc(N(CCN3CCOCC3)C(=O)CCc3ccccc3)sc2c1. The van der Waals surface area contributed by atoms with Gasteiger partial charge in [0.25, 0.3) is 0 Å². The second kappa shape index (κ2) is 10.2. The molecule has 1 amide bonds. The number of nitrogens with zero attached hydrogens (tertiary/aromatic N) is 3. The van der Waals surface area contributed by atoms with Crippen LogP contribution >= 0.6 is 11.3 Å². The summed E-state index contributed by atoms with van der Waals surface area (Å²) in [4.78, 5) is 22.3. The number of carbonyl (C=O) groups excluding carboxylic acids is 1. The van der Waals surface area contributed by atoms with Gasteiger partial charge in [-0.15, -0.1) is 0 Å². The van der Waals surface area contributed by atoms with Crippen LogP contribution < -0.4 is 4.90 Å². The molecule has 5 nitrogen and oxygen atoms in total. The molecule has 0 spiro atoms. The van der Waals surface area contributed by atoms with Crippen molar-refractivity contribution in [2.45, 2.75) is 26.2 Å². The monoisotopic (exact) mass is 423 g/mol. The van der Waals surface area contributed by atoms with Gasteiger partial charge in [0.15, 0.2) is 5.13 Å². The van der Waals surface area contributed by atoms with Gasteiger partial charge in [-0.25, -0.2) is 4.98 Å². The summed E-state index contributed by atoms with van der Waals surface area (Å²) < 4.78 is 6.60. The fraction of sp³-hybridized carbons (Fsp3) is 0.417. The summed E-state index contributed by atoms with van der Waals surface area (Å²) in [7, 11) is 0. The number of amides is 1. The van der Waals surface area contributed by atoms with Crippen molar-refractivity contribution in [3.8, 4) is 0 Å². The Kier molecular flexibility index (Phi) is 7.10. The molecule has 2 aromatic carbocycles. The molecule has 3 aromatic rings. The second-order valence-corrected chi connectivity index (χ2v) is 8.65. The molecule has 0 aliphatic carbocycles. The molecule has 0 N–H and O–H groups in total. The smallest absolute Gasteiger partial charge is 0.229 e. The molecular weight excluding hydrogens is 394 g/mol. The van der Waals surface area contributed by atoms with Gasteiger partial charge in [-0.05, 0) is 36.1 Å². The summed E-state index contributed by atoms with van der Waals surface area (Å²) in [5, 5.41) is 0.810. The van der Waals surface area contributed by atoms with E-state index < -0.39 is 0 Å². The van der Waals surface area contributed by atoms with E-state index in [0.29, 0.717) is 13.0 Å². The van der Waals surface area contributed by atoms with Crippen LogP contribution in [-0.2, 0) is 22.4 Å². The van der Waals surface area contributed by atoms with Gasteiger partial charge >= 0.3 is 0 Å². The Hall–Kier alpha value is -2.28. The molecule has 30 heavy (non-hydrogen) atoms. The van der Waals surface area contributed by atoms with Crippen LogP contribution in [0.5, 0.6) is 0 Å². The van der Waals surface area contributed by atoms with Gasteiger partial charge in [-0.3, -0.25) is 14.6 Å². The fourth-order valence-corrected chi connectivity index (χ4v) is 4.79. The minimum atomic E-state index is 0.141. The van der Waals surface area contributed by atoms with Gasteiger partial charge in [0.2, 0.25) is 5.91 Å². The van der Waals surface area contributed by atoms with Gasteiger partial charge in [-0.1, -0.05) is 54.7 Å². The number of fused-ring (bicyclic) bond motifs is 1. The molecule has 158 valence electrons. The summed E-state index contributed by atoms with van der Waals surface area (Å²) in [6, 6.07) is 16.6. The van der Waals surface area contributed by atoms with E-state index in [9.17, 15) is 4.79 Å². The molecule has 0 saturated carbocycles. The van der Waals surface area contributed by atoms with E-state index in [0.717, 1.165) is 61.0 Å². The predicted octanol–water partition coefficient (Wildman–Crippen LogP) is 4.16. The van der Waals surface area contributed by atoms with Crippen molar-refractivity contribution in [2.24, 2.45) is 0 Å². The highest BCUT2D eigenvalue weighted by molar-refractivity contribution is 7.22. The van der Waals surface area contributed by atoms with Crippen LogP contribution in [0.25, 0.3) is 10.2 Å². The third-order valence-electron chi connectivity index (χ3n) is 5.60. The largest absolute Gasteiger partial charge is 0.379 e. The molecular formula is C24H29N3O2S. The lowest BCUT2D eigenvalue weighted by molar-refractivity contribution is -0.118. The first kappa shape index (κ1) is 21.0. The number of morpholine rings is 1. The Labute approximate surface area is 182 Å². The van der Waals surface area contributed by atoms with Crippen molar-refractivity contribution in [1.82, 2.24) is 9.88 Å². The second-order valence-electron chi connectivity index (χ2n) is 7.64. The number of benzene rings is 2. The Morgan fingerprint density at radius 3 is 2.70 bits per heavy atom. The molecule has 6 heteroatoms. The van der Waals surface area contributed by atoms with Gasteiger partial charge in [0.05, 0.1) is 23.4 Å². The first-order valence-electron chi connectivity index (χ1n) is 10.8. The van der Waals surface area contributed by atoms with E-state index in [1.165, 1.54) is 11.1 Å². The van der Waals surface area contributed by atoms with Crippen LogP contribution in [0.4, 0.5) is 5.13 Å². The molecule has 1 fully saturated rings. The average Bonchev–Trinajstić information content (AvgIpc) is 3.22. The molecule has 2 heterocycles. The maximum absolute atomic E-state index is 13.2. The summed E-state index contributed by atoms with van der Waals surface area (Å²) in [5.74, 6) is 0.141. The van der Waals surface area contributed by atoms with Gasteiger partial charge in [-0.2, -0.15) is 0 Å². The van der Waals surface area contributed by atoms with Crippen molar-refractivity contribution in [3.63, 3.8) is 0 Å². The van der Waals surface area contributed by atoms with Crippen LogP contribution in [0.2, 0.25) is 0 Å². The lowest BCUT2D eigenvalue weighted by Crippen LogP contribution is -2.43. The Bertz CT molecular complexity index is 967. The van der Waals surface area contributed by atoms with E-state index in [2.05, 4.69) is 42.2 Å². The molecule has 0 radical (unpaired) electrons. The molecule has 0 bridgehead atoms. The number of hydrogen-bond acceptors (Lipinski definition) is 5. The van der Waals surface area contributed by atoms with Crippen molar-refractivity contribution in [1.29, 1.82) is 0 Å². The zero-order valence-electron chi connectivity index (χ0n) is 17.5. The number of thiazole rings is 1. The van der Waals surface area contributed by atoms with Crippen LogP contribution in [-0.4, -0.2) is 55.2 Å². The lowest BCUT2D eigenvalue weighted by atomic mass is 10.1. The van der Waals surface area contributed by atoms with Gasteiger partial charge in [0.1, 0.15) is 0 Å². The maximum Gasteiger partial charge on any atom is 0.229 e. The minimum absolute atomic E-state index is 0.141. The quantitative estimate of drug-likeness (QED) is 0.546. The molecule has 1 saturated heterocycles. The van der Waals surface area contributed by atoms with Crippen molar-refractivity contribution >= 4 is 32.6 Å². The number of carbonyl (C=O) groups is 1. The van der Waals surface area contributed by atoms with Crippen molar-refractivity contribution < 1.29 is 9.53 Å². The van der Waals surface area contributed by atoms with Gasteiger partial charge in [0, 0.05) is 32.6 Å². The zero-order valence-corrected chi connectivity index (χ0v) is 18.4. The normalized spacial score (nSPS) is 14.8. The zero-order chi connectivity index (χ0) is 20.8. The Balaban J connectivity index is 1.51. The van der Waals surface area contributed by atoms with E-state index in [1.807, 2.05) is 23.1 Å². The number of aromatic nitrogens is 1. The average molecular weight is 424 g/mol. The highest BCUT2D eigenvalue weighted by atomic mass is 32.1. The van der Waals surface area contributed by atoms with E-state index in [4.69, 9.17) is 9.72 Å².